The van der Waals surface area contributed by atoms with E-state index in [9.17, 15) is 18.0 Å². The summed E-state index contributed by atoms with van der Waals surface area (Å²) in [5.41, 5.74) is 0. The number of alkyl halides is 3. The summed E-state index contributed by atoms with van der Waals surface area (Å²) in [7, 11) is 0. The van der Waals surface area contributed by atoms with E-state index < -0.39 is 12.7 Å². The first kappa shape index (κ1) is 16.4. The van der Waals surface area contributed by atoms with Crippen molar-refractivity contribution in [3.63, 3.8) is 0 Å². The molecule has 1 aliphatic heterocycles. The van der Waals surface area contributed by atoms with Crippen molar-refractivity contribution in [2.45, 2.75) is 63.2 Å². The number of carbonyl (C=O) groups is 1. The van der Waals surface area contributed by atoms with Gasteiger partial charge in [-0.3, -0.25) is 4.90 Å². The van der Waals surface area contributed by atoms with Gasteiger partial charge in [0.25, 0.3) is 0 Å². The van der Waals surface area contributed by atoms with Gasteiger partial charge in [0.15, 0.2) is 0 Å². The molecule has 0 unspecified atom stereocenters. The maximum atomic E-state index is 12.3. The highest BCUT2D eigenvalue weighted by atomic mass is 19.4. The molecule has 0 aromatic rings. The molecule has 1 aliphatic carbocycles. The molecule has 1 saturated carbocycles. The van der Waals surface area contributed by atoms with E-state index in [1.165, 1.54) is 17.7 Å². The highest BCUT2D eigenvalue weighted by Gasteiger charge is 2.34. The molecule has 2 fully saturated rings. The van der Waals surface area contributed by atoms with Crippen LogP contribution in [-0.2, 0) is 0 Å². The summed E-state index contributed by atoms with van der Waals surface area (Å²) in [6, 6.07) is -0.209. The van der Waals surface area contributed by atoms with Gasteiger partial charge in [0, 0.05) is 25.2 Å². The fraction of sp³-hybridized carbons (Fsp3) is 0.929. The van der Waals surface area contributed by atoms with Gasteiger partial charge in [-0.2, -0.15) is 13.2 Å². The standard InChI is InChI=1S/C14H24F3N3O/c15-14(16,17)10-20-8-7-12(9-20)19-13(21)18-11-5-3-1-2-4-6-11/h11-12H,1-10H2,(H2,18,19,21)/t12-/m0/s1. The Morgan fingerprint density at radius 1 is 1.00 bits per heavy atom. The van der Waals surface area contributed by atoms with Crippen LogP contribution in [0.15, 0.2) is 0 Å². The predicted molar refractivity (Wildman–Crippen MR) is 74.1 cm³/mol. The van der Waals surface area contributed by atoms with E-state index in [4.69, 9.17) is 0 Å². The minimum atomic E-state index is -4.17. The summed E-state index contributed by atoms with van der Waals surface area (Å²) < 4.78 is 36.9. The third-order valence-corrected chi connectivity index (χ3v) is 4.20. The number of rotatable bonds is 3. The Morgan fingerprint density at radius 2 is 1.62 bits per heavy atom. The molecule has 2 amide bonds. The van der Waals surface area contributed by atoms with Gasteiger partial charge in [0.05, 0.1) is 6.54 Å². The second-order valence-corrected chi connectivity index (χ2v) is 6.14. The van der Waals surface area contributed by atoms with Gasteiger partial charge in [-0.15, -0.1) is 0 Å². The number of carbonyl (C=O) groups excluding carboxylic acids is 1. The molecule has 1 atom stereocenters. The summed E-state index contributed by atoms with van der Waals surface area (Å²) in [5, 5.41) is 5.76. The topological polar surface area (TPSA) is 44.4 Å². The zero-order chi connectivity index (χ0) is 15.3. The predicted octanol–water partition coefficient (Wildman–Crippen LogP) is 2.65. The fourth-order valence-electron chi connectivity index (χ4n) is 3.18. The molecule has 0 spiro atoms. The number of halogens is 3. The van der Waals surface area contributed by atoms with Crippen LogP contribution in [0.5, 0.6) is 0 Å². The van der Waals surface area contributed by atoms with Crippen LogP contribution in [0, 0.1) is 0 Å². The van der Waals surface area contributed by atoms with Crippen molar-refractivity contribution in [2.24, 2.45) is 0 Å². The molecule has 0 bridgehead atoms. The van der Waals surface area contributed by atoms with Crippen molar-refractivity contribution in [1.29, 1.82) is 0 Å². The smallest absolute Gasteiger partial charge is 0.335 e. The van der Waals surface area contributed by atoms with Crippen LogP contribution in [0.25, 0.3) is 0 Å². The molecule has 21 heavy (non-hydrogen) atoms. The first-order chi connectivity index (χ1) is 9.92. The van der Waals surface area contributed by atoms with Gasteiger partial charge >= 0.3 is 12.2 Å². The van der Waals surface area contributed by atoms with Crippen molar-refractivity contribution >= 4 is 6.03 Å². The third-order valence-electron chi connectivity index (χ3n) is 4.20. The number of amides is 2. The first-order valence-corrected chi connectivity index (χ1v) is 7.78. The van der Waals surface area contributed by atoms with Crippen molar-refractivity contribution in [2.75, 3.05) is 19.6 Å². The highest BCUT2D eigenvalue weighted by molar-refractivity contribution is 5.74. The molecule has 7 heteroatoms. The van der Waals surface area contributed by atoms with Crippen molar-refractivity contribution < 1.29 is 18.0 Å². The number of likely N-dealkylation sites (tertiary alicyclic amines) is 1. The minimum Gasteiger partial charge on any atom is -0.335 e. The summed E-state index contributed by atoms with van der Waals surface area (Å²) in [6.45, 7) is -0.235. The number of nitrogens with zero attached hydrogens (tertiary/aromatic N) is 1. The molecule has 4 nitrogen and oxygen atoms in total. The Bertz CT molecular complexity index is 341. The lowest BCUT2D eigenvalue weighted by Crippen LogP contribution is -2.47. The summed E-state index contributed by atoms with van der Waals surface area (Å²) in [5.74, 6) is 0. The molecule has 2 N–H and O–H groups in total. The molecular weight excluding hydrogens is 283 g/mol. The van der Waals surface area contributed by atoms with Gasteiger partial charge in [0.1, 0.15) is 0 Å². The average Bonchev–Trinajstić information content (AvgIpc) is 2.62. The Labute approximate surface area is 123 Å². The van der Waals surface area contributed by atoms with E-state index in [2.05, 4.69) is 10.6 Å². The number of hydrogen-bond donors (Lipinski definition) is 2. The number of nitrogens with one attached hydrogen (secondary N) is 2. The van der Waals surface area contributed by atoms with E-state index in [-0.39, 0.29) is 24.7 Å². The summed E-state index contributed by atoms with van der Waals surface area (Å²) in [4.78, 5) is 13.3. The third kappa shape index (κ3) is 6.11. The van der Waals surface area contributed by atoms with Gasteiger partial charge < -0.3 is 10.6 Å². The van der Waals surface area contributed by atoms with Crippen LogP contribution in [0.1, 0.15) is 44.9 Å². The largest absolute Gasteiger partial charge is 0.401 e. The van der Waals surface area contributed by atoms with Crippen molar-refractivity contribution in [1.82, 2.24) is 15.5 Å². The van der Waals surface area contributed by atoms with Gasteiger partial charge in [0.2, 0.25) is 0 Å². The second-order valence-electron chi connectivity index (χ2n) is 6.14. The maximum Gasteiger partial charge on any atom is 0.401 e. The number of urea groups is 1. The number of hydrogen-bond acceptors (Lipinski definition) is 2. The van der Waals surface area contributed by atoms with Crippen LogP contribution in [-0.4, -0.2) is 48.8 Å². The molecule has 0 aromatic carbocycles. The summed E-state index contributed by atoms with van der Waals surface area (Å²) >= 11 is 0. The van der Waals surface area contributed by atoms with E-state index in [0.29, 0.717) is 13.0 Å². The normalized spacial score (nSPS) is 25.6. The van der Waals surface area contributed by atoms with Crippen LogP contribution in [0.4, 0.5) is 18.0 Å². The van der Waals surface area contributed by atoms with Crippen molar-refractivity contribution in [3.8, 4) is 0 Å². The van der Waals surface area contributed by atoms with E-state index in [0.717, 1.165) is 25.7 Å². The first-order valence-electron chi connectivity index (χ1n) is 7.78. The fourth-order valence-corrected chi connectivity index (χ4v) is 3.18. The lowest BCUT2D eigenvalue weighted by Gasteiger charge is -2.20. The summed E-state index contributed by atoms with van der Waals surface area (Å²) in [6.07, 6.45) is 3.10. The van der Waals surface area contributed by atoms with Gasteiger partial charge in [-0.25, -0.2) is 4.79 Å². The van der Waals surface area contributed by atoms with Crippen LogP contribution < -0.4 is 10.6 Å². The molecule has 0 radical (unpaired) electrons. The molecule has 1 saturated heterocycles. The van der Waals surface area contributed by atoms with Gasteiger partial charge in [-0.1, -0.05) is 25.7 Å². The molecule has 0 aromatic heterocycles. The van der Waals surface area contributed by atoms with Crippen LogP contribution >= 0.6 is 0 Å². The second kappa shape index (κ2) is 7.33. The molecule has 2 rings (SSSR count). The zero-order valence-corrected chi connectivity index (χ0v) is 12.2. The minimum absolute atomic E-state index is 0.182. The Morgan fingerprint density at radius 3 is 2.24 bits per heavy atom. The zero-order valence-electron chi connectivity index (χ0n) is 12.2. The van der Waals surface area contributed by atoms with Gasteiger partial charge in [-0.05, 0) is 19.3 Å². The van der Waals surface area contributed by atoms with E-state index in [1.54, 1.807) is 0 Å². The lowest BCUT2D eigenvalue weighted by molar-refractivity contribution is -0.143. The Kier molecular flexibility index (Phi) is 5.72. The molecule has 1 heterocycles. The molecule has 122 valence electrons. The Hall–Kier alpha value is -0.980. The molecule has 2 aliphatic rings. The van der Waals surface area contributed by atoms with Crippen LogP contribution in [0.2, 0.25) is 0 Å². The van der Waals surface area contributed by atoms with Crippen molar-refractivity contribution in [3.05, 3.63) is 0 Å². The lowest BCUT2D eigenvalue weighted by atomic mass is 10.1. The quantitative estimate of drug-likeness (QED) is 0.787. The molecular formula is C14H24F3N3O. The highest BCUT2D eigenvalue weighted by Crippen LogP contribution is 2.20. The van der Waals surface area contributed by atoms with E-state index in [1.807, 2.05) is 0 Å². The van der Waals surface area contributed by atoms with E-state index >= 15 is 0 Å². The SMILES string of the molecule is O=C(NC1CCCCCC1)N[C@H]1CCN(CC(F)(F)F)C1. The Balaban J connectivity index is 1.68. The monoisotopic (exact) mass is 307 g/mol. The average molecular weight is 307 g/mol. The maximum absolute atomic E-state index is 12.3. The van der Waals surface area contributed by atoms with Crippen LogP contribution in [0.3, 0.4) is 0 Å².